The first kappa shape index (κ1) is 15.1. The average molecular weight is 252 g/mol. The molecule has 102 valence electrons. The molecule has 3 heteroatoms. The maximum absolute atomic E-state index is 13.8. The van der Waals surface area contributed by atoms with Crippen LogP contribution in [0.1, 0.15) is 38.3 Å². The third-order valence-corrected chi connectivity index (χ3v) is 3.80. The fourth-order valence-electron chi connectivity index (χ4n) is 1.80. The number of hydrogen-bond acceptors (Lipinski definition) is 2. The SMILES string of the molecule is CCC(C)(C)N(C)Cc1cc(CNC)ccc1F. The molecule has 0 heterocycles. The van der Waals surface area contributed by atoms with Gasteiger partial charge in [0.2, 0.25) is 0 Å². The largest absolute Gasteiger partial charge is 0.316 e. The fraction of sp³-hybridized carbons (Fsp3) is 0.600. The van der Waals surface area contributed by atoms with Gasteiger partial charge in [0, 0.05) is 24.2 Å². The Bertz CT molecular complexity index is 388. The molecule has 0 aliphatic carbocycles. The molecule has 0 aliphatic heterocycles. The van der Waals surface area contributed by atoms with Gasteiger partial charge in [-0.2, -0.15) is 0 Å². The maximum Gasteiger partial charge on any atom is 0.127 e. The molecule has 1 aromatic rings. The van der Waals surface area contributed by atoms with Crippen LogP contribution in [-0.4, -0.2) is 24.5 Å². The molecule has 1 aromatic carbocycles. The molecule has 1 N–H and O–H groups in total. The van der Waals surface area contributed by atoms with Gasteiger partial charge in [-0.25, -0.2) is 4.39 Å². The van der Waals surface area contributed by atoms with Crippen LogP contribution in [0.3, 0.4) is 0 Å². The molecule has 0 saturated carbocycles. The molecule has 18 heavy (non-hydrogen) atoms. The van der Waals surface area contributed by atoms with Gasteiger partial charge in [0.05, 0.1) is 0 Å². The molecule has 0 fully saturated rings. The smallest absolute Gasteiger partial charge is 0.127 e. The number of halogens is 1. The van der Waals surface area contributed by atoms with Gasteiger partial charge in [-0.3, -0.25) is 4.90 Å². The zero-order valence-electron chi connectivity index (χ0n) is 12.2. The predicted octanol–water partition coefficient (Wildman–Crippen LogP) is 3.17. The minimum Gasteiger partial charge on any atom is -0.316 e. The van der Waals surface area contributed by atoms with Gasteiger partial charge >= 0.3 is 0 Å². The molecular formula is C15H25FN2. The topological polar surface area (TPSA) is 15.3 Å². The van der Waals surface area contributed by atoms with E-state index < -0.39 is 0 Å². The Kier molecular flexibility index (Phi) is 5.29. The first-order chi connectivity index (χ1) is 8.40. The zero-order chi connectivity index (χ0) is 13.8. The molecule has 0 saturated heterocycles. The van der Waals surface area contributed by atoms with Crippen LogP contribution < -0.4 is 5.32 Å². The second-order valence-corrected chi connectivity index (χ2v) is 5.48. The molecule has 0 atom stereocenters. The van der Waals surface area contributed by atoms with Gasteiger partial charge < -0.3 is 5.32 Å². The second kappa shape index (κ2) is 6.30. The molecule has 2 nitrogen and oxygen atoms in total. The molecular weight excluding hydrogens is 227 g/mol. The standard InChI is InChI=1S/C15H25FN2/c1-6-15(2,3)18(5)11-13-9-12(10-17-4)7-8-14(13)16/h7-9,17H,6,10-11H2,1-5H3. The maximum atomic E-state index is 13.8. The third-order valence-electron chi connectivity index (χ3n) is 3.80. The summed E-state index contributed by atoms with van der Waals surface area (Å²) in [6.45, 7) is 7.94. The summed E-state index contributed by atoms with van der Waals surface area (Å²) in [7, 11) is 3.95. The van der Waals surface area contributed by atoms with Crippen molar-refractivity contribution >= 4 is 0 Å². The highest BCUT2D eigenvalue weighted by molar-refractivity contribution is 5.25. The summed E-state index contributed by atoms with van der Waals surface area (Å²) in [6, 6.07) is 5.35. The molecule has 0 radical (unpaired) electrons. The van der Waals surface area contributed by atoms with Crippen LogP contribution in [0.25, 0.3) is 0 Å². The Morgan fingerprint density at radius 3 is 2.56 bits per heavy atom. The normalized spacial score (nSPS) is 12.2. The van der Waals surface area contributed by atoms with E-state index in [1.165, 1.54) is 0 Å². The van der Waals surface area contributed by atoms with E-state index in [1.54, 1.807) is 6.07 Å². The van der Waals surface area contributed by atoms with E-state index in [4.69, 9.17) is 0 Å². The molecule has 0 unspecified atom stereocenters. The Hall–Kier alpha value is -0.930. The van der Waals surface area contributed by atoms with Crippen LogP contribution in [0.2, 0.25) is 0 Å². The molecule has 0 aromatic heterocycles. The Morgan fingerprint density at radius 1 is 1.33 bits per heavy atom. The molecule has 0 bridgehead atoms. The van der Waals surface area contributed by atoms with E-state index in [9.17, 15) is 4.39 Å². The highest BCUT2D eigenvalue weighted by Crippen LogP contribution is 2.21. The molecule has 0 aliphatic rings. The predicted molar refractivity (Wildman–Crippen MR) is 75.0 cm³/mol. The lowest BCUT2D eigenvalue weighted by molar-refractivity contribution is 0.141. The van der Waals surface area contributed by atoms with Crippen molar-refractivity contribution in [3.05, 3.63) is 35.1 Å². The van der Waals surface area contributed by atoms with Gasteiger partial charge in [-0.15, -0.1) is 0 Å². The lowest BCUT2D eigenvalue weighted by Crippen LogP contribution is -2.40. The first-order valence-corrected chi connectivity index (χ1v) is 6.54. The summed E-state index contributed by atoms with van der Waals surface area (Å²) in [5.74, 6) is -0.117. The van der Waals surface area contributed by atoms with Gasteiger partial charge in [-0.1, -0.05) is 19.1 Å². The van der Waals surface area contributed by atoms with Gasteiger partial charge in [0.25, 0.3) is 0 Å². The Balaban J connectivity index is 2.86. The van der Waals surface area contributed by atoms with Gasteiger partial charge in [0.15, 0.2) is 0 Å². The van der Waals surface area contributed by atoms with Crippen molar-refractivity contribution < 1.29 is 4.39 Å². The fourth-order valence-corrected chi connectivity index (χ4v) is 1.80. The summed E-state index contributed by atoms with van der Waals surface area (Å²) in [5.41, 5.74) is 1.98. The zero-order valence-corrected chi connectivity index (χ0v) is 12.2. The van der Waals surface area contributed by atoms with Gasteiger partial charge in [0.1, 0.15) is 5.82 Å². The van der Waals surface area contributed by atoms with E-state index in [0.29, 0.717) is 6.54 Å². The Labute approximate surface area is 110 Å². The number of rotatable bonds is 6. The van der Waals surface area contributed by atoms with Crippen molar-refractivity contribution in [1.29, 1.82) is 0 Å². The van der Waals surface area contributed by atoms with Crippen molar-refractivity contribution in [1.82, 2.24) is 10.2 Å². The monoisotopic (exact) mass is 252 g/mol. The molecule has 1 rings (SSSR count). The summed E-state index contributed by atoms with van der Waals surface area (Å²) in [4.78, 5) is 2.20. The number of nitrogens with zero attached hydrogens (tertiary/aromatic N) is 1. The van der Waals surface area contributed by atoms with Crippen molar-refractivity contribution in [2.24, 2.45) is 0 Å². The van der Waals surface area contributed by atoms with Crippen molar-refractivity contribution in [3.63, 3.8) is 0 Å². The minimum absolute atomic E-state index is 0.0887. The molecule has 0 spiro atoms. The van der Waals surface area contributed by atoms with Crippen molar-refractivity contribution in [3.8, 4) is 0 Å². The van der Waals surface area contributed by atoms with Crippen LogP contribution in [0.4, 0.5) is 4.39 Å². The van der Waals surface area contributed by atoms with E-state index >= 15 is 0 Å². The van der Waals surface area contributed by atoms with Gasteiger partial charge in [-0.05, 0) is 46.0 Å². The van der Waals surface area contributed by atoms with E-state index in [-0.39, 0.29) is 11.4 Å². The molecule has 0 amide bonds. The summed E-state index contributed by atoms with van der Waals surface area (Å²) >= 11 is 0. The minimum atomic E-state index is -0.117. The average Bonchev–Trinajstić information content (AvgIpc) is 2.33. The van der Waals surface area contributed by atoms with E-state index in [1.807, 2.05) is 26.2 Å². The van der Waals surface area contributed by atoms with E-state index in [2.05, 4.69) is 31.0 Å². The number of benzene rings is 1. The highest BCUT2D eigenvalue weighted by Gasteiger charge is 2.21. The van der Waals surface area contributed by atoms with Crippen molar-refractivity contribution in [2.45, 2.75) is 45.8 Å². The first-order valence-electron chi connectivity index (χ1n) is 6.54. The summed E-state index contributed by atoms with van der Waals surface area (Å²) in [5, 5.41) is 3.09. The second-order valence-electron chi connectivity index (χ2n) is 5.48. The van der Waals surface area contributed by atoms with Crippen LogP contribution in [0.5, 0.6) is 0 Å². The van der Waals surface area contributed by atoms with E-state index in [0.717, 1.165) is 24.1 Å². The lowest BCUT2D eigenvalue weighted by Gasteiger charge is -2.35. The van der Waals surface area contributed by atoms with Crippen LogP contribution in [0.15, 0.2) is 18.2 Å². The van der Waals surface area contributed by atoms with Crippen molar-refractivity contribution in [2.75, 3.05) is 14.1 Å². The summed E-state index contributed by atoms with van der Waals surface area (Å²) < 4.78 is 13.8. The third kappa shape index (κ3) is 3.79. The Morgan fingerprint density at radius 2 is 2.00 bits per heavy atom. The lowest BCUT2D eigenvalue weighted by atomic mass is 9.99. The van der Waals surface area contributed by atoms with Crippen LogP contribution >= 0.6 is 0 Å². The quantitative estimate of drug-likeness (QED) is 0.836. The van der Waals surface area contributed by atoms with Crippen LogP contribution in [0, 0.1) is 5.82 Å². The number of hydrogen-bond donors (Lipinski definition) is 1. The van der Waals surface area contributed by atoms with Crippen LogP contribution in [-0.2, 0) is 13.1 Å². The summed E-state index contributed by atoms with van der Waals surface area (Å²) in [6.07, 6.45) is 1.04. The number of nitrogens with one attached hydrogen (secondary N) is 1. The highest BCUT2D eigenvalue weighted by atomic mass is 19.1.